The number of piperidine rings is 1. The average Bonchev–Trinajstić information content (AvgIpc) is 2.81. The Morgan fingerprint density at radius 2 is 1.91 bits per heavy atom. The summed E-state index contributed by atoms with van der Waals surface area (Å²) in [6.07, 6.45) is 3.86. The fourth-order valence-corrected chi connectivity index (χ4v) is 4.40. The van der Waals surface area contributed by atoms with Gasteiger partial charge in [0.15, 0.2) is 0 Å². The molecule has 7 heteroatoms. The van der Waals surface area contributed by atoms with Gasteiger partial charge in [0.1, 0.15) is 0 Å². The number of carbonyl (C=O) groups excluding carboxylic acids is 1. The molecule has 32 heavy (non-hydrogen) atoms. The first-order valence-corrected chi connectivity index (χ1v) is 11.2. The molecule has 1 aliphatic heterocycles. The highest BCUT2D eigenvalue weighted by molar-refractivity contribution is 6.31. The van der Waals surface area contributed by atoms with Crippen molar-refractivity contribution in [3.63, 3.8) is 0 Å². The van der Waals surface area contributed by atoms with Crippen molar-refractivity contribution in [2.24, 2.45) is 5.73 Å². The van der Waals surface area contributed by atoms with E-state index in [0.29, 0.717) is 17.4 Å². The summed E-state index contributed by atoms with van der Waals surface area (Å²) in [5, 5.41) is 0.817. The minimum Gasteiger partial charge on any atom is -0.366 e. The molecule has 2 N–H and O–H groups in total. The van der Waals surface area contributed by atoms with Crippen LogP contribution in [0.2, 0.25) is 5.02 Å². The molecule has 0 saturated carbocycles. The van der Waals surface area contributed by atoms with Crippen LogP contribution in [0.1, 0.15) is 40.4 Å². The van der Waals surface area contributed by atoms with Crippen molar-refractivity contribution >= 4 is 23.5 Å². The molecular formula is C25H28ClN5O. The lowest BCUT2D eigenvalue weighted by Crippen LogP contribution is -2.33. The second-order valence-corrected chi connectivity index (χ2v) is 8.86. The molecule has 0 unspecified atom stereocenters. The first-order chi connectivity index (χ1) is 15.4. The van der Waals surface area contributed by atoms with Crippen molar-refractivity contribution in [3.05, 3.63) is 76.6 Å². The van der Waals surface area contributed by atoms with Gasteiger partial charge in [-0.1, -0.05) is 41.9 Å². The molecule has 0 atom stereocenters. The summed E-state index contributed by atoms with van der Waals surface area (Å²) in [4.78, 5) is 25.5. The van der Waals surface area contributed by atoms with Gasteiger partial charge in [-0.3, -0.25) is 9.69 Å². The van der Waals surface area contributed by atoms with E-state index in [1.54, 1.807) is 6.07 Å². The minimum atomic E-state index is -0.438. The lowest BCUT2D eigenvalue weighted by Gasteiger charge is -2.33. The monoisotopic (exact) mass is 449 g/mol. The number of primary amides is 1. The van der Waals surface area contributed by atoms with Gasteiger partial charge in [-0.25, -0.2) is 9.97 Å². The number of halogens is 1. The number of aromatic nitrogens is 2. The quantitative estimate of drug-likeness (QED) is 0.605. The summed E-state index contributed by atoms with van der Waals surface area (Å²) >= 11 is 6.36. The van der Waals surface area contributed by atoms with Crippen molar-refractivity contribution in [2.45, 2.75) is 25.3 Å². The molecule has 6 nitrogen and oxygen atoms in total. The van der Waals surface area contributed by atoms with Crippen LogP contribution in [0.5, 0.6) is 0 Å². The predicted octanol–water partition coefficient (Wildman–Crippen LogP) is 4.34. The largest absolute Gasteiger partial charge is 0.366 e. The fourth-order valence-electron chi connectivity index (χ4n) is 4.21. The Balaban J connectivity index is 1.59. The van der Waals surface area contributed by atoms with E-state index < -0.39 is 5.91 Å². The normalized spacial score (nSPS) is 15.0. The summed E-state index contributed by atoms with van der Waals surface area (Å²) in [6.45, 7) is 2.79. The molecule has 4 rings (SSSR count). The van der Waals surface area contributed by atoms with Crippen LogP contribution in [0.3, 0.4) is 0 Å². The number of likely N-dealkylation sites (tertiary alicyclic amines) is 1. The van der Waals surface area contributed by atoms with Crippen molar-refractivity contribution in [1.82, 2.24) is 14.9 Å². The zero-order chi connectivity index (χ0) is 22.7. The van der Waals surface area contributed by atoms with Gasteiger partial charge >= 0.3 is 0 Å². The van der Waals surface area contributed by atoms with Crippen LogP contribution < -0.4 is 10.6 Å². The molecule has 1 saturated heterocycles. The predicted molar refractivity (Wildman–Crippen MR) is 129 cm³/mol. The summed E-state index contributed by atoms with van der Waals surface area (Å²) < 4.78 is 0. The van der Waals surface area contributed by atoms with Gasteiger partial charge in [-0.05, 0) is 55.3 Å². The molecular weight excluding hydrogens is 422 g/mol. The van der Waals surface area contributed by atoms with Crippen molar-refractivity contribution < 1.29 is 4.79 Å². The van der Waals surface area contributed by atoms with E-state index in [-0.39, 0.29) is 0 Å². The lowest BCUT2D eigenvalue weighted by atomic mass is 9.88. The molecule has 166 valence electrons. The number of anilines is 1. The fraction of sp³-hybridized carbons (Fsp3) is 0.320. The van der Waals surface area contributed by atoms with E-state index in [1.165, 1.54) is 0 Å². The van der Waals surface area contributed by atoms with Gasteiger partial charge in [-0.2, -0.15) is 0 Å². The van der Waals surface area contributed by atoms with E-state index in [9.17, 15) is 4.79 Å². The number of carbonyl (C=O) groups is 1. The van der Waals surface area contributed by atoms with E-state index in [4.69, 9.17) is 22.3 Å². The Morgan fingerprint density at radius 3 is 2.59 bits per heavy atom. The lowest BCUT2D eigenvalue weighted by molar-refractivity contribution is 0.100. The third kappa shape index (κ3) is 4.92. The highest BCUT2D eigenvalue weighted by Crippen LogP contribution is 2.35. The number of nitrogens with zero attached hydrogens (tertiary/aromatic N) is 4. The minimum absolute atomic E-state index is 0.312. The van der Waals surface area contributed by atoms with Crippen LogP contribution >= 0.6 is 11.6 Å². The van der Waals surface area contributed by atoms with Crippen LogP contribution in [-0.2, 0) is 6.54 Å². The van der Waals surface area contributed by atoms with Crippen molar-refractivity contribution in [2.75, 3.05) is 32.1 Å². The maximum Gasteiger partial charge on any atom is 0.248 e. The maximum atomic E-state index is 11.7. The number of amides is 1. The zero-order valence-corrected chi connectivity index (χ0v) is 19.2. The van der Waals surface area contributed by atoms with Crippen molar-refractivity contribution in [3.8, 4) is 11.1 Å². The number of hydrogen-bond donors (Lipinski definition) is 1. The molecule has 0 radical (unpaired) electrons. The Bertz CT molecular complexity index is 1110. The van der Waals surface area contributed by atoms with Gasteiger partial charge in [0.2, 0.25) is 11.9 Å². The standard InChI is InChI=1S/C25H28ClN5O/c1-30(2)25-28-15-21(18-7-5-8-19(14-18)24(27)32)23(29-25)17-10-12-31(13-11-17)16-20-6-3-4-9-22(20)26/h3-9,14-15,17H,10-13,16H2,1-2H3,(H2,27,32). The zero-order valence-electron chi connectivity index (χ0n) is 18.5. The van der Waals surface area contributed by atoms with E-state index >= 15 is 0 Å². The summed E-state index contributed by atoms with van der Waals surface area (Å²) in [5.74, 6) is 0.562. The van der Waals surface area contributed by atoms with Gasteiger partial charge in [0.25, 0.3) is 0 Å². The number of benzene rings is 2. The molecule has 0 aliphatic carbocycles. The Kier molecular flexibility index (Phi) is 6.72. The second-order valence-electron chi connectivity index (χ2n) is 8.45. The Hall–Kier alpha value is -2.96. The Labute approximate surface area is 194 Å². The third-order valence-electron chi connectivity index (χ3n) is 5.99. The molecule has 1 fully saturated rings. The van der Waals surface area contributed by atoms with E-state index in [0.717, 1.165) is 59.9 Å². The maximum absolute atomic E-state index is 11.7. The first-order valence-electron chi connectivity index (χ1n) is 10.8. The van der Waals surface area contributed by atoms with Crippen LogP contribution in [0, 0.1) is 0 Å². The van der Waals surface area contributed by atoms with Gasteiger partial charge < -0.3 is 10.6 Å². The molecule has 1 amide bonds. The molecule has 0 spiro atoms. The van der Waals surface area contributed by atoms with Crippen LogP contribution in [-0.4, -0.2) is 48.0 Å². The topological polar surface area (TPSA) is 75.4 Å². The molecule has 1 aromatic heterocycles. The van der Waals surface area contributed by atoms with Crippen LogP contribution in [0.25, 0.3) is 11.1 Å². The summed E-state index contributed by atoms with van der Waals surface area (Å²) in [5.41, 5.74) is 10.1. The van der Waals surface area contributed by atoms with Gasteiger partial charge in [0.05, 0.1) is 5.69 Å². The number of rotatable bonds is 6. The van der Waals surface area contributed by atoms with Gasteiger partial charge in [-0.15, -0.1) is 0 Å². The van der Waals surface area contributed by atoms with E-state index in [1.807, 2.05) is 61.6 Å². The molecule has 2 heterocycles. The number of nitrogens with two attached hydrogens (primary N) is 1. The molecule has 2 aromatic carbocycles. The molecule has 1 aliphatic rings. The molecule has 0 bridgehead atoms. The van der Waals surface area contributed by atoms with Crippen LogP contribution in [0.4, 0.5) is 5.95 Å². The Morgan fingerprint density at radius 1 is 1.16 bits per heavy atom. The first kappa shape index (κ1) is 22.2. The summed E-state index contributed by atoms with van der Waals surface area (Å²) in [6, 6.07) is 15.4. The highest BCUT2D eigenvalue weighted by Gasteiger charge is 2.26. The average molecular weight is 450 g/mol. The van der Waals surface area contributed by atoms with Gasteiger partial charge in [0, 0.05) is 48.9 Å². The second kappa shape index (κ2) is 9.67. The summed E-state index contributed by atoms with van der Waals surface area (Å²) in [7, 11) is 3.89. The van der Waals surface area contributed by atoms with Crippen LogP contribution in [0.15, 0.2) is 54.7 Å². The van der Waals surface area contributed by atoms with E-state index in [2.05, 4.69) is 16.0 Å². The highest BCUT2D eigenvalue weighted by atomic mass is 35.5. The third-order valence-corrected chi connectivity index (χ3v) is 6.36. The smallest absolute Gasteiger partial charge is 0.248 e. The SMILES string of the molecule is CN(C)c1ncc(-c2cccc(C(N)=O)c2)c(C2CCN(Cc3ccccc3Cl)CC2)n1. The van der Waals surface area contributed by atoms with Crippen molar-refractivity contribution in [1.29, 1.82) is 0 Å². The number of hydrogen-bond acceptors (Lipinski definition) is 5. The molecule has 3 aromatic rings.